The minimum absolute atomic E-state index is 0.000325. The quantitative estimate of drug-likeness (QED) is 0.498. The van der Waals surface area contributed by atoms with E-state index in [1.165, 1.54) is 64.2 Å². The second-order valence-electron chi connectivity index (χ2n) is 11.7. The molecule has 1 N–H and O–H groups in total. The van der Waals surface area contributed by atoms with E-state index in [1.807, 2.05) is 13.8 Å². The molecule has 4 rings (SSSR count). The molecule has 0 aromatic carbocycles. The standard InChI is InChI=1S/C23H40O.C3H8.C2H6/c1-15(2)7-8-16-9-10-18-21-19(11-13-23(16,18)4)22(3)12-5-6-17(22)14-20(21)24;1-3-2;1-2/h15-21,24H,5-14H2,1-4H3;3H2,1-2H3;1-2H3. The fraction of sp³-hybridized carbons (Fsp3) is 1.00. The molecule has 8 atom stereocenters. The van der Waals surface area contributed by atoms with Gasteiger partial charge in [0.25, 0.3) is 0 Å². The van der Waals surface area contributed by atoms with Crippen LogP contribution in [0.1, 0.15) is 126 Å². The van der Waals surface area contributed by atoms with Crippen LogP contribution in [-0.2, 0) is 0 Å². The molecule has 4 saturated carbocycles. The van der Waals surface area contributed by atoms with Crippen molar-refractivity contribution in [3.8, 4) is 0 Å². The van der Waals surface area contributed by atoms with Gasteiger partial charge in [0.05, 0.1) is 6.10 Å². The van der Waals surface area contributed by atoms with Crippen molar-refractivity contribution < 1.29 is 5.11 Å². The molecule has 0 radical (unpaired) electrons. The summed E-state index contributed by atoms with van der Waals surface area (Å²) in [6, 6.07) is 0. The van der Waals surface area contributed by atoms with Gasteiger partial charge in [-0.05, 0) is 97.7 Å². The summed E-state index contributed by atoms with van der Waals surface area (Å²) in [5.41, 5.74) is 1.08. The zero-order valence-corrected chi connectivity index (χ0v) is 21.3. The molecule has 0 aromatic rings. The van der Waals surface area contributed by atoms with Crippen LogP contribution in [0, 0.1) is 46.3 Å². The van der Waals surface area contributed by atoms with Crippen LogP contribution in [0.3, 0.4) is 0 Å². The maximum Gasteiger partial charge on any atom is 0.0577 e. The third kappa shape index (κ3) is 4.75. The second kappa shape index (κ2) is 10.5. The number of fused-ring (bicyclic) bond motifs is 5. The van der Waals surface area contributed by atoms with E-state index in [1.54, 1.807) is 0 Å². The minimum Gasteiger partial charge on any atom is -0.393 e. The van der Waals surface area contributed by atoms with E-state index in [9.17, 15) is 5.11 Å². The molecule has 1 nitrogen and oxygen atoms in total. The van der Waals surface area contributed by atoms with Crippen molar-refractivity contribution >= 4 is 0 Å². The second-order valence-corrected chi connectivity index (χ2v) is 11.7. The lowest BCUT2D eigenvalue weighted by atomic mass is 9.47. The van der Waals surface area contributed by atoms with Gasteiger partial charge in [0.1, 0.15) is 0 Å². The summed E-state index contributed by atoms with van der Waals surface area (Å²) in [6.45, 7) is 18.2. The molecule has 0 bridgehead atoms. The van der Waals surface area contributed by atoms with Gasteiger partial charge < -0.3 is 5.11 Å². The van der Waals surface area contributed by atoms with Gasteiger partial charge in [0, 0.05) is 0 Å². The van der Waals surface area contributed by atoms with Crippen LogP contribution < -0.4 is 0 Å². The van der Waals surface area contributed by atoms with E-state index in [4.69, 9.17) is 0 Å². The fourth-order valence-corrected chi connectivity index (χ4v) is 8.21. The first kappa shape index (κ1) is 25.2. The number of aliphatic hydroxyl groups is 1. The summed E-state index contributed by atoms with van der Waals surface area (Å²) in [6.07, 6.45) is 15.1. The number of hydrogen-bond acceptors (Lipinski definition) is 1. The average Bonchev–Trinajstić information content (AvgIpc) is 3.22. The zero-order chi connectivity index (χ0) is 21.8. The van der Waals surface area contributed by atoms with Crippen LogP contribution in [0.25, 0.3) is 0 Å². The Bertz CT molecular complexity index is 485. The van der Waals surface area contributed by atoms with Gasteiger partial charge in [-0.15, -0.1) is 0 Å². The van der Waals surface area contributed by atoms with Crippen LogP contribution in [0.15, 0.2) is 0 Å². The Morgan fingerprint density at radius 1 is 0.897 bits per heavy atom. The number of rotatable bonds is 3. The van der Waals surface area contributed by atoms with E-state index >= 15 is 0 Å². The maximum absolute atomic E-state index is 11.1. The highest BCUT2D eigenvalue weighted by Crippen LogP contribution is 2.68. The lowest BCUT2D eigenvalue weighted by molar-refractivity contribution is -0.143. The van der Waals surface area contributed by atoms with E-state index < -0.39 is 0 Å². The van der Waals surface area contributed by atoms with E-state index in [0.29, 0.717) is 16.7 Å². The molecule has 4 aliphatic carbocycles. The van der Waals surface area contributed by atoms with Crippen molar-refractivity contribution in [1.82, 2.24) is 0 Å². The Balaban J connectivity index is 0.000000551. The Kier molecular flexibility index (Phi) is 9.15. The summed E-state index contributed by atoms with van der Waals surface area (Å²) in [5, 5.41) is 11.1. The Morgan fingerprint density at radius 3 is 2.14 bits per heavy atom. The fourth-order valence-electron chi connectivity index (χ4n) is 8.21. The largest absolute Gasteiger partial charge is 0.393 e. The van der Waals surface area contributed by atoms with Crippen LogP contribution in [0.2, 0.25) is 0 Å². The highest BCUT2D eigenvalue weighted by atomic mass is 16.3. The molecule has 1 heteroatoms. The van der Waals surface area contributed by atoms with Gasteiger partial charge in [-0.2, -0.15) is 0 Å². The van der Waals surface area contributed by atoms with Gasteiger partial charge in [0.15, 0.2) is 0 Å². The van der Waals surface area contributed by atoms with Gasteiger partial charge in [0.2, 0.25) is 0 Å². The zero-order valence-electron chi connectivity index (χ0n) is 21.3. The molecule has 29 heavy (non-hydrogen) atoms. The Hall–Kier alpha value is -0.0400. The molecule has 0 spiro atoms. The Labute approximate surface area is 183 Å². The van der Waals surface area contributed by atoms with Gasteiger partial charge in [-0.3, -0.25) is 0 Å². The lowest BCUT2D eigenvalue weighted by Gasteiger charge is -2.59. The molecule has 172 valence electrons. The van der Waals surface area contributed by atoms with Crippen molar-refractivity contribution in [3.05, 3.63) is 0 Å². The van der Waals surface area contributed by atoms with Crippen molar-refractivity contribution in [1.29, 1.82) is 0 Å². The third-order valence-corrected chi connectivity index (χ3v) is 9.64. The molecule has 0 amide bonds. The predicted octanol–water partition coefficient (Wildman–Crippen LogP) is 8.49. The smallest absolute Gasteiger partial charge is 0.0577 e. The molecular weight excluding hydrogens is 352 g/mol. The first-order chi connectivity index (χ1) is 13.8. The summed E-state index contributed by atoms with van der Waals surface area (Å²) in [7, 11) is 0. The van der Waals surface area contributed by atoms with E-state index in [0.717, 1.165) is 36.0 Å². The van der Waals surface area contributed by atoms with Gasteiger partial charge >= 0.3 is 0 Å². The highest BCUT2D eigenvalue weighted by Gasteiger charge is 2.62. The SMILES string of the molecule is CC.CC(C)CCC1CCC2C3C(O)CC4CCCC4(C)C3CCC12C.CCC. The van der Waals surface area contributed by atoms with Gasteiger partial charge in [-0.25, -0.2) is 0 Å². The first-order valence-electron chi connectivity index (χ1n) is 13.5. The van der Waals surface area contributed by atoms with Crippen molar-refractivity contribution in [3.63, 3.8) is 0 Å². The van der Waals surface area contributed by atoms with Crippen molar-refractivity contribution in [2.45, 2.75) is 132 Å². The number of aliphatic hydroxyl groups excluding tert-OH is 1. The van der Waals surface area contributed by atoms with Crippen LogP contribution >= 0.6 is 0 Å². The molecule has 0 aliphatic heterocycles. The van der Waals surface area contributed by atoms with Gasteiger partial charge in [-0.1, -0.05) is 74.7 Å². The van der Waals surface area contributed by atoms with Crippen molar-refractivity contribution in [2.75, 3.05) is 0 Å². The van der Waals surface area contributed by atoms with Crippen LogP contribution in [0.4, 0.5) is 0 Å². The normalized spacial score (nSPS) is 45.3. The molecule has 8 unspecified atom stereocenters. The van der Waals surface area contributed by atoms with E-state index in [2.05, 4.69) is 41.5 Å². The third-order valence-electron chi connectivity index (χ3n) is 9.64. The predicted molar refractivity (Wildman–Crippen MR) is 128 cm³/mol. The monoisotopic (exact) mass is 406 g/mol. The molecule has 4 fully saturated rings. The maximum atomic E-state index is 11.1. The van der Waals surface area contributed by atoms with Crippen LogP contribution in [-0.4, -0.2) is 11.2 Å². The summed E-state index contributed by atoms with van der Waals surface area (Å²) in [4.78, 5) is 0. The molecular formula is C28H54O. The Morgan fingerprint density at radius 2 is 1.52 bits per heavy atom. The number of hydrogen-bond donors (Lipinski definition) is 1. The summed E-state index contributed by atoms with van der Waals surface area (Å²) >= 11 is 0. The minimum atomic E-state index is -0.000325. The topological polar surface area (TPSA) is 20.2 Å². The van der Waals surface area contributed by atoms with Crippen molar-refractivity contribution in [2.24, 2.45) is 46.3 Å². The first-order valence-corrected chi connectivity index (χ1v) is 13.5. The molecule has 0 heterocycles. The highest BCUT2D eigenvalue weighted by molar-refractivity contribution is 5.11. The summed E-state index contributed by atoms with van der Waals surface area (Å²) < 4.78 is 0. The lowest BCUT2D eigenvalue weighted by Crippen LogP contribution is -2.55. The molecule has 0 aromatic heterocycles. The summed E-state index contributed by atoms with van der Waals surface area (Å²) in [5.74, 6) is 4.82. The average molecular weight is 407 g/mol. The van der Waals surface area contributed by atoms with E-state index in [-0.39, 0.29) is 6.10 Å². The van der Waals surface area contributed by atoms with Crippen LogP contribution in [0.5, 0.6) is 0 Å². The molecule has 0 saturated heterocycles. The molecule has 4 aliphatic rings.